The summed E-state index contributed by atoms with van der Waals surface area (Å²) in [5.41, 5.74) is 1.12. The third-order valence-electron chi connectivity index (χ3n) is 4.49. The van der Waals surface area contributed by atoms with Crippen LogP contribution in [-0.2, 0) is 9.59 Å². The molecule has 1 aliphatic rings. The molecule has 9 nitrogen and oxygen atoms in total. The third kappa shape index (κ3) is 5.20. The fraction of sp³-hybridized carbons (Fsp3) is 0.227. The zero-order valence-electron chi connectivity index (χ0n) is 16.8. The van der Waals surface area contributed by atoms with Crippen LogP contribution in [0.1, 0.15) is 22.8 Å². The number of carboxylic acids is 1. The van der Waals surface area contributed by atoms with Gasteiger partial charge in [0.15, 0.2) is 18.4 Å². The van der Waals surface area contributed by atoms with Crippen molar-refractivity contribution in [2.45, 2.75) is 19.1 Å². The van der Waals surface area contributed by atoms with Gasteiger partial charge in [-0.15, -0.1) is 0 Å². The van der Waals surface area contributed by atoms with Crippen LogP contribution in [0.25, 0.3) is 6.08 Å². The maximum absolute atomic E-state index is 12.5. The molecule has 0 unspecified atom stereocenters. The number of carbonyl (C=O) groups excluding carboxylic acids is 2. The molecule has 0 saturated heterocycles. The number of aliphatic hydroxyl groups is 1. The standard InChI is InChI=1S/C22H21NO8/c1-12(24)20(22(27)28)23-19(25)11-30-15-7-8-16-17(10-15)31-18(21(16)26)9-13-3-5-14(29-2)6-4-13/h3-10,12,20,24H,11H2,1-2H3,(H,23,25)(H,27,28)/t12-,20+/m0/s1. The largest absolute Gasteiger partial charge is 0.497 e. The predicted octanol–water partition coefficient (Wildman–Crippen LogP) is 1.64. The molecule has 0 bridgehead atoms. The van der Waals surface area contributed by atoms with Crippen LogP contribution in [0.5, 0.6) is 17.2 Å². The molecule has 0 aliphatic carbocycles. The highest BCUT2D eigenvalue weighted by molar-refractivity contribution is 6.14. The molecule has 3 rings (SSSR count). The van der Waals surface area contributed by atoms with Gasteiger partial charge in [-0.3, -0.25) is 9.59 Å². The summed E-state index contributed by atoms with van der Waals surface area (Å²) in [6, 6.07) is 10.2. The van der Waals surface area contributed by atoms with E-state index in [1.807, 2.05) is 0 Å². The van der Waals surface area contributed by atoms with Gasteiger partial charge in [-0.25, -0.2) is 4.79 Å². The average molecular weight is 427 g/mol. The van der Waals surface area contributed by atoms with Crippen LogP contribution in [0, 0.1) is 0 Å². The normalized spacial score (nSPS) is 15.6. The SMILES string of the molecule is COc1ccc(C=C2Oc3cc(OCC(=O)N[C@@H](C(=O)O)[C@H](C)O)ccc3C2=O)cc1. The van der Waals surface area contributed by atoms with Gasteiger partial charge in [0.25, 0.3) is 5.91 Å². The topological polar surface area (TPSA) is 131 Å². The van der Waals surface area contributed by atoms with Gasteiger partial charge in [0.2, 0.25) is 5.78 Å². The van der Waals surface area contributed by atoms with Gasteiger partial charge < -0.3 is 29.7 Å². The van der Waals surface area contributed by atoms with Gasteiger partial charge >= 0.3 is 5.97 Å². The molecule has 0 radical (unpaired) electrons. The first-order valence-electron chi connectivity index (χ1n) is 9.34. The maximum atomic E-state index is 12.5. The van der Waals surface area contributed by atoms with E-state index in [1.165, 1.54) is 25.1 Å². The van der Waals surface area contributed by atoms with E-state index >= 15 is 0 Å². The number of aliphatic carboxylic acids is 1. The minimum atomic E-state index is -1.44. The Kier molecular flexibility index (Phi) is 6.56. The van der Waals surface area contributed by atoms with E-state index in [9.17, 15) is 19.5 Å². The number of nitrogens with one attached hydrogen (secondary N) is 1. The Bertz CT molecular complexity index is 1030. The second-order valence-corrected chi connectivity index (χ2v) is 6.78. The number of rotatable bonds is 8. The zero-order chi connectivity index (χ0) is 22.5. The summed E-state index contributed by atoms with van der Waals surface area (Å²) < 4.78 is 16.1. The first kappa shape index (κ1) is 21.8. The molecule has 1 aliphatic heterocycles. The Labute approximate surface area is 177 Å². The Balaban J connectivity index is 1.65. The van der Waals surface area contributed by atoms with Crippen LogP contribution in [0.15, 0.2) is 48.2 Å². The number of Topliss-reactive ketones (excluding diaryl/α,β-unsaturated/α-hetero) is 1. The molecule has 31 heavy (non-hydrogen) atoms. The van der Waals surface area contributed by atoms with Crippen molar-refractivity contribution in [2.75, 3.05) is 13.7 Å². The minimum Gasteiger partial charge on any atom is -0.497 e. The molecule has 2 aromatic carbocycles. The van der Waals surface area contributed by atoms with Crippen LogP contribution in [0.3, 0.4) is 0 Å². The fourth-order valence-corrected chi connectivity index (χ4v) is 2.86. The summed E-state index contributed by atoms with van der Waals surface area (Å²) in [7, 11) is 1.56. The molecule has 2 aromatic rings. The van der Waals surface area contributed by atoms with Gasteiger partial charge in [-0.2, -0.15) is 0 Å². The quantitative estimate of drug-likeness (QED) is 0.542. The summed E-state index contributed by atoms with van der Waals surface area (Å²) in [5.74, 6) is -0.966. The van der Waals surface area contributed by atoms with Crippen LogP contribution in [-0.4, -0.2) is 53.7 Å². The van der Waals surface area contributed by atoms with Crippen molar-refractivity contribution in [2.24, 2.45) is 0 Å². The van der Waals surface area contributed by atoms with Crippen molar-refractivity contribution in [3.8, 4) is 17.2 Å². The van der Waals surface area contributed by atoms with Crippen LogP contribution in [0.4, 0.5) is 0 Å². The number of ketones is 1. The Morgan fingerprint density at radius 1 is 1.16 bits per heavy atom. The van der Waals surface area contributed by atoms with E-state index in [1.54, 1.807) is 37.5 Å². The molecule has 0 spiro atoms. The van der Waals surface area contributed by atoms with E-state index in [2.05, 4.69) is 5.32 Å². The Morgan fingerprint density at radius 2 is 1.84 bits per heavy atom. The van der Waals surface area contributed by atoms with Crippen LogP contribution < -0.4 is 19.5 Å². The summed E-state index contributed by atoms with van der Waals surface area (Å²) >= 11 is 0. The molecule has 2 atom stereocenters. The number of aliphatic hydroxyl groups excluding tert-OH is 1. The van der Waals surface area contributed by atoms with Crippen molar-refractivity contribution in [1.29, 1.82) is 0 Å². The van der Waals surface area contributed by atoms with Crippen molar-refractivity contribution >= 4 is 23.7 Å². The van der Waals surface area contributed by atoms with E-state index in [0.717, 1.165) is 5.56 Å². The Morgan fingerprint density at radius 3 is 2.45 bits per heavy atom. The molecule has 0 saturated carbocycles. The molecule has 3 N–H and O–H groups in total. The number of hydrogen-bond acceptors (Lipinski definition) is 7. The lowest BCUT2D eigenvalue weighted by Crippen LogP contribution is -2.49. The average Bonchev–Trinajstić information content (AvgIpc) is 3.05. The van der Waals surface area contributed by atoms with E-state index in [4.69, 9.17) is 19.3 Å². The summed E-state index contributed by atoms with van der Waals surface area (Å²) in [6.07, 6.45) is 0.342. The number of allylic oxidation sites excluding steroid dienone is 1. The molecule has 162 valence electrons. The van der Waals surface area contributed by atoms with Gasteiger partial charge in [0.1, 0.15) is 17.2 Å². The van der Waals surface area contributed by atoms with Crippen molar-refractivity contribution < 1.29 is 38.8 Å². The number of benzene rings is 2. The van der Waals surface area contributed by atoms with Gasteiger partial charge in [-0.1, -0.05) is 12.1 Å². The summed E-state index contributed by atoms with van der Waals surface area (Å²) in [5, 5.41) is 20.6. The molecule has 0 aromatic heterocycles. The minimum absolute atomic E-state index is 0.149. The van der Waals surface area contributed by atoms with Crippen molar-refractivity contribution in [1.82, 2.24) is 5.32 Å². The fourth-order valence-electron chi connectivity index (χ4n) is 2.86. The second-order valence-electron chi connectivity index (χ2n) is 6.78. The summed E-state index contributed by atoms with van der Waals surface area (Å²) in [4.78, 5) is 35.5. The summed E-state index contributed by atoms with van der Waals surface area (Å²) in [6.45, 7) is 0.781. The highest BCUT2D eigenvalue weighted by Gasteiger charge is 2.28. The number of amides is 1. The first-order chi connectivity index (χ1) is 14.8. The predicted molar refractivity (Wildman–Crippen MR) is 109 cm³/mol. The maximum Gasteiger partial charge on any atom is 0.328 e. The van der Waals surface area contributed by atoms with Gasteiger partial charge in [0, 0.05) is 6.07 Å². The van der Waals surface area contributed by atoms with Crippen molar-refractivity contribution in [3.63, 3.8) is 0 Å². The molecule has 0 fully saturated rings. The lowest BCUT2D eigenvalue weighted by atomic mass is 10.1. The highest BCUT2D eigenvalue weighted by atomic mass is 16.5. The van der Waals surface area contributed by atoms with Crippen LogP contribution >= 0.6 is 0 Å². The molecule has 9 heteroatoms. The molecular weight excluding hydrogens is 406 g/mol. The first-order valence-corrected chi connectivity index (χ1v) is 9.34. The lowest BCUT2D eigenvalue weighted by Gasteiger charge is -2.17. The van der Waals surface area contributed by atoms with E-state index in [0.29, 0.717) is 11.3 Å². The van der Waals surface area contributed by atoms with Gasteiger partial charge in [0.05, 0.1) is 18.8 Å². The number of carbonyl (C=O) groups is 3. The van der Waals surface area contributed by atoms with E-state index < -0.39 is 30.6 Å². The number of hydrogen-bond donors (Lipinski definition) is 3. The second kappa shape index (κ2) is 9.31. The number of carboxylic acid groups (broad SMARTS) is 1. The smallest absolute Gasteiger partial charge is 0.328 e. The molecule has 1 amide bonds. The third-order valence-corrected chi connectivity index (χ3v) is 4.49. The molecule has 1 heterocycles. The number of ether oxygens (including phenoxy) is 3. The number of methoxy groups -OCH3 is 1. The van der Waals surface area contributed by atoms with Crippen LogP contribution in [0.2, 0.25) is 0 Å². The number of fused-ring (bicyclic) bond motifs is 1. The van der Waals surface area contributed by atoms with E-state index in [-0.39, 0.29) is 23.0 Å². The monoisotopic (exact) mass is 427 g/mol. The zero-order valence-corrected chi connectivity index (χ0v) is 16.8. The highest BCUT2D eigenvalue weighted by Crippen LogP contribution is 2.35. The van der Waals surface area contributed by atoms with Gasteiger partial charge in [-0.05, 0) is 42.8 Å². The lowest BCUT2D eigenvalue weighted by molar-refractivity contribution is -0.145. The Hall–Kier alpha value is -3.85. The van der Waals surface area contributed by atoms with Crippen molar-refractivity contribution in [3.05, 3.63) is 59.4 Å². The molecular formula is C22H21NO8.